The Morgan fingerprint density at radius 2 is 1.67 bits per heavy atom. The van der Waals surface area contributed by atoms with E-state index in [9.17, 15) is 14.7 Å². The maximum atomic E-state index is 12.3. The number of rotatable bonds is 5. The van der Waals surface area contributed by atoms with Crippen molar-refractivity contribution >= 4 is 17.6 Å². The summed E-state index contributed by atoms with van der Waals surface area (Å²) < 4.78 is 0. The fourth-order valence-electron chi connectivity index (χ4n) is 1.86. The van der Waals surface area contributed by atoms with Gasteiger partial charge < -0.3 is 15.1 Å². The van der Waals surface area contributed by atoms with Gasteiger partial charge in [0, 0.05) is 18.1 Å². The van der Waals surface area contributed by atoms with Crippen molar-refractivity contribution < 1.29 is 19.8 Å². The number of aliphatic carboxylic acids is 1. The van der Waals surface area contributed by atoms with Crippen LogP contribution < -0.4 is 4.90 Å². The summed E-state index contributed by atoms with van der Waals surface area (Å²) in [5.74, 6) is -1.39. The number of phenols is 1. The van der Waals surface area contributed by atoms with Crippen LogP contribution in [0.1, 0.15) is 5.56 Å². The average molecular weight is 286 g/mol. The molecule has 2 rings (SSSR count). The van der Waals surface area contributed by atoms with Crippen molar-refractivity contribution in [3.63, 3.8) is 0 Å². The van der Waals surface area contributed by atoms with Crippen LogP contribution in [-0.2, 0) is 16.0 Å². The number of hydrogen-bond acceptors (Lipinski definition) is 4. The molecule has 6 nitrogen and oxygen atoms in total. The summed E-state index contributed by atoms with van der Waals surface area (Å²) in [5.41, 5.74) is 1.18. The topological polar surface area (TPSA) is 90.7 Å². The van der Waals surface area contributed by atoms with E-state index in [4.69, 9.17) is 5.11 Å². The Kier molecular flexibility index (Phi) is 4.50. The number of carboxylic acid groups (broad SMARTS) is 1. The summed E-state index contributed by atoms with van der Waals surface area (Å²) in [5, 5.41) is 18.2. The molecule has 1 amide bonds. The standard InChI is InChI=1S/C15H14N2O4/c18-13-3-1-12(2-4-13)17(10-15(20)21)14(19)9-11-5-7-16-8-6-11/h1-8,18H,9-10H2,(H,20,21). The summed E-state index contributed by atoms with van der Waals surface area (Å²) in [6.07, 6.45) is 3.23. The van der Waals surface area contributed by atoms with Gasteiger partial charge >= 0.3 is 5.97 Å². The molecule has 0 fully saturated rings. The largest absolute Gasteiger partial charge is 0.508 e. The molecule has 108 valence electrons. The van der Waals surface area contributed by atoms with Crippen LogP contribution in [-0.4, -0.2) is 33.6 Å². The van der Waals surface area contributed by atoms with Gasteiger partial charge in [-0.25, -0.2) is 0 Å². The van der Waals surface area contributed by atoms with Crippen molar-refractivity contribution in [3.05, 3.63) is 54.4 Å². The highest BCUT2D eigenvalue weighted by Crippen LogP contribution is 2.19. The average Bonchev–Trinajstić information content (AvgIpc) is 2.46. The van der Waals surface area contributed by atoms with Gasteiger partial charge in [0.25, 0.3) is 0 Å². The van der Waals surface area contributed by atoms with Gasteiger partial charge in [0.2, 0.25) is 5.91 Å². The Balaban J connectivity index is 2.21. The van der Waals surface area contributed by atoms with Crippen LogP contribution in [0.3, 0.4) is 0 Å². The Labute approximate surface area is 121 Å². The number of amides is 1. The normalized spacial score (nSPS) is 10.1. The highest BCUT2D eigenvalue weighted by Gasteiger charge is 2.19. The van der Waals surface area contributed by atoms with Crippen molar-refractivity contribution in [2.75, 3.05) is 11.4 Å². The molecule has 0 radical (unpaired) electrons. The molecule has 0 atom stereocenters. The molecule has 0 saturated carbocycles. The van der Waals surface area contributed by atoms with Crippen LogP contribution in [0, 0.1) is 0 Å². The first-order chi connectivity index (χ1) is 10.1. The molecule has 6 heteroatoms. The van der Waals surface area contributed by atoms with Crippen LogP contribution >= 0.6 is 0 Å². The molecule has 1 heterocycles. The molecule has 0 saturated heterocycles. The molecule has 2 aromatic rings. The first-order valence-electron chi connectivity index (χ1n) is 6.26. The number of aromatic nitrogens is 1. The quantitative estimate of drug-likeness (QED) is 0.868. The van der Waals surface area contributed by atoms with Gasteiger partial charge in [-0.3, -0.25) is 14.6 Å². The van der Waals surface area contributed by atoms with Crippen LogP contribution in [0.2, 0.25) is 0 Å². The second-order valence-corrected chi connectivity index (χ2v) is 4.42. The number of nitrogens with zero attached hydrogens (tertiary/aromatic N) is 2. The monoisotopic (exact) mass is 286 g/mol. The number of carbonyl (C=O) groups excluding carboxylic acids is 1. The number of phenolic OH excluding ortho intramolecular Hbond substituents is 1. The second-order valence-electron chi connectivity index (χ2n) is 4.42. The van der Waals surface area contributed by atoms with Gasteiger partial charge in [-0.2, -0.15) is 0 Å². The van der Waals surface area contributed by atoms with Crippen LogP contribution in [0.25, 0.3) is 0 Å². The number of carboxylic acids is 1. The predicted molar refractivity (Wildman–Crippen MR) is 76.0 cm³/mol. The summed E-state index contributed by atoms with van der Waals surface area (Å²) in [6, 6.07) is 9.22. The van der Waals surface area contributed by atoms with E-state index in [1.807, 2.05) is 0 Å². The highest BCUT2D eigenvalue weighted by molar-refractivity contribution is 5.98. The van der Waals surface area contributed by atoms with Gasteiger partial charge in [0.15, 0.2) is 0 Å². The number of benzene rings is 1. The third-order valence-electron chi connectivity index (χ3n) is 2.86. The maximum absolute atomic E-state index is 12.3. The van der Waals surface area contributed by atoms with E-state index >= 15 is 0 Å². The second kappa shape index (κ2) is 6.51. The molecule has 0 bridgehead atoms. The molecule has 0 unspecified atom stereocenters. The molecule has 0 aliphatic heterocycles. The van der Waals surface area contributed by atoms with Crippen molar-refractivity contribution in [1.82, 2.24) is 4.98 Å². The minimum Gasteiger partial charge on any atom is -0.508 e. The van der Waals surface area contributed by atoms with E-state index in [0.29, 0.717) is 5.69 Å². The molecule has 21 heavy (non-hydrogen) atoms. The molecule has 1 aromatic carbocycles. The van der Waals surface area contributed by atoms with Gasteiger partial charge in [-0.05, 0) is 42.0 Å². The summed E-state index contributed by atoms with van der Waals surface area (Å²) >= 11 is 0. The first-order valence-corrected chi connectivity index (χ1v) is 6.26. The van der Waals surface area contributed by atoms with E-state index < -0.39 is 12.5 Å². The van der Waals surface area contributed by atoms with E-state index in [1.165, 1.54) is 29.2 Å². The summed E-state index contributed by atoms with van der Waals surface area (Å²) in [6.45, 7) is -0.436. The van der Waals surface area contributed by atoms with Gasteiger partial charge in [0.05, 0.1) is 6.42 Å². The van der Waals surface area contributed by atoms with E-state index in [1.54, 1.807) is 24.5 Å². The van der Waals surface area contributed by atoms with E-state index in [-0.39, 0.29) is 18.1 Å². The molecule has 2 N–H and O–H groups in total. The lowest BCUT2D eigenvalue weighted by molar-refractivity contribution is -0.136. The molecule has 0 aliphatic rings. The lowest BCUT2D eigenvalue weighted by Gasteiger charge is -2.21. The maximum Gasteiger partial charge on any atom is 0.323 e. The number of hydrogen-bond donors (Lipinski definition) is 2. The Morgan fingerprint density at radius 1 is 1.05 bits per heavy atom. The van der Waals surface area contributed by atoms with Gasteiger partial charge in [0.1, 0.15) is 12.3 Å². The lowest BCUT2D eigenvalue weighted by Crippen LogP contribution is -2.36. The summed E-state index contributed by atoms with van der Waals surface area (Å²) in [4.78, 5) is 28.3. The zero-order valence-electron chi connectivity index (χ0n) is 11.1. The molecular weight excluding hydrogens is 272 g/mol. The molecule has 1 aromatic heterocycles. The van der Waals surface area contributed by atoms with Gasteiger partial charge in [-0.15, -0.1) is 0 Å². The zero-order valence-corrected chi connectivity index (χ0v) is 11.1. The van der Waals surface area contributed by atoms with Crippen molar-refractivity contribution in [1.29, 1.82) is 0 Å². The summed E-state index contributed by atoms with van der Waals surface area (Å²) in [7, 11) is 0. The first kappa shape index (κ1) is 14.5. The Hall–Kier alpha value is -2.89. The van der Waals surface area contributed by atoms with Crippen molar-refractivity contribution in [2.24, 2.45) is 0 Å². The van der Waals surface area contributed by atoms with Crippen molar-refractivity contribution in [3.8, 4) is 5.75 Å². The molecule has 0 spiro atoms. The van der Waals surface area contributed by atoms with Crippen LogP contribution in [0.5, 0.6) is 5.75 Å². The Bertz CT molecular complexity index is 626. The third kappa shape index (κ3) is 4.04. The third-order valence-corrected chi connectivity index (χ3v) is 2.86. The van der Waals surface area contributed by atoms with Gasteiger partial charge in [-0.1, -0.05) is 0 Å². The van der Waals surface area contributed by atoms with Crippen LogP contribution in [0.4, 0.5) is 5.69 Å². The number of pyridine rings is 1. The number of anilines is 1. The van der Waals surface area contributed by atoms with E-state index in [0.717, 1.165) is 5.56 Å². The minimum absolute atomic E-state index is 0.0515. The molecular formula is C15H14N2O4. The lowest BCUT2D eigenvalue weighted by atomic mass is 10.1. The van der Waals surface area contributed by atoms with E-state index in [2.05, 4.69) is 4.98 Å². The number of aromatic hydroxyl groups is 1. The minimum atomic E-state index is -1.11. The van der Waals surface area contributed by atoms with Crippen molar-refractivity contribution in [2.45, 2.75) is 6.42 Å². The number of carbonyl (C=O) groups is 2. The van der Waals surface area contributed by atoms with Crippen LogP contribution in [0.15, 0.2) is 48.8 Å². The molecule has 0 aliphatic carbocycles. The zero-order chi connectivity index (χ0) is 15.2. The highest BCUT2D eigenvalue weighted by atomic mass is 16.4. The fraction of sp³-hybridized carbons (Fsp3) is 0.133. The smallest absolute Gasteiger partial charge is 0.323 e. The fourth-order valence-corrected chi connectivity index (χ4v) is 1.86. The SMILES string of the molecule is O=C(O)CN(C(=O)Cc1ccncc1)c1ccc(O)cc1. The predicted octanol–water partition coefficient (Wildman–Crippen LogP) is 1.45. The Morgan fingerprint density at radius 3 is 2.24 bits per heavy atom.